The van der Waals surface area contributed by atoms with E-state index in [4.69, 9.17) is 9.47 Å². The van der Waals surface area contributed by atoms with E-state index in [0.29, 0.717) is 19.3 Å². The highest BCUT2D eigenvalue weighted by atomic mass is 32.2. The minimum absolute atomic E-state index is 0.0390. The average molecular weight is 482 g/mol. The largest absolute Gasteiger partial charge is 0.389 e. The quantitative estimate of drug-likeness (QED) is 0.667. The molecule has 1 aromatic carbocycles. The van der Waals surface area contributed by atoms with Gasteiger partial charge in [-0.25, -0.2) is 8.42 Å². The van der Waals surface area contributed by atoms with Crippen molar-refractivity contribution in [2.45, 2.75) is 55.4 Å². The number of likely N-dealkylation sites (N-methyl/N-ethyl adjacent to an activating group) is 1. The zero-order valence-corrected chi connectivity index (χ0v) is 20.2. The predicted molar refractivity (Wildman–Crippen MR) is 122 cm³/mol. The lowest BCUT2D eigenvalue weighted by atomic mass is 9.96. The summed E-state index contributed by atoms with van der Waals surface area (Å²) in [4.78, 5) is 17.1. The number of ether oxygens (including phenoxy) is 2. The number of hydrogen-bond donors (Lipinski definition) is 1. The van der Waals surface area contributed by atoms with Crippen LogP contribution in [0.1, 0.15) is 24.8 Å². The molecule has 0 radical (unpaired) electrons. The molecule has 3 heterocycles. The van der Waals surface area contributed by atoms with Crippen molar-refractivity contribution < 1.29 is 27.8 Å². The van der Waals surface area contributed by atoms with Gasteiger partial charge >= 0.3 is 0 Å². The van der Waals surface area contributed by atoms with E-state index >= 15 is 0 Å². The number of aliphatic hydroxyl groups excluding tert-OH is 1. The van der Waals surface area contributed by atoms with E-state index in [-0.39, 0.29) is 36.7 Å². The summed E-state index contributed by atoms with van der Waals surface area (Å²) < 4.78 is 40.4. The van der Waals surface area contributed by atoms with Crippen molar-refractivity contribution in [2.24, 2.45) is 0 Å². The van der Waals surface area contributed by atoms with Gasteiger partial charge in [-0.2, -0.15) is 4.31 Å². The van der Waals surface area contributed by atoms with E-state index < -0.39 is 28.3 Å². The van der Waals surface area contributed by atoms with Crippen molar-refractivity contribution in [3.05, 3.63) is 29.8 Å². The molecule has 3 aliphatic heterocycles. The number of carbonyl (C=O) groups excluding carboxylic acids is 1. The molecule has 1 N–H and O–H groups in total. The number of amides is 1. The van der Waals surface area contributed by atoms with Gasteiger partial charge in [-0.15, -0.1) is 0 Å². The maximum Gasteiger partial charge on any atom is 0.243 e. The normalized spacial score (nSPS) is 30.3. The van der Waals surface area contributed by atoms with Crippen molar-refractivity contribution >= 4 is 15.9 Å². The van der Waals surface area contributed by atoms with Crippen LogP contribution in [0.4, 0.5) is 0 Å². The molecule has 4 rings (SSSR count). The number of β-amino-alcohol motifs (C(OH)–C–C–N with tert-alkyl or cyclic N) is 1. The van der Waals surface area contributed by atoms with E-state index in [1.165, 1.54) is 4.31 Å². The number of carbonyl (C=O) groups is 1. The monoisotopic (exact) mass is 481 g/mol. The molecule has 10 heteroatoms. The second-order valence-corrected chi connectivity index (χ2v) is 11.3. The molecule has 1 amide bonds. The second kappa shape index (κ2) is 10.4. The molecule has 3 fully saturated rings. The molecule has 4 atom stereocenters. The van der Waals surface area contributed by atoms with Crippen LogP contribution in [0, 0.1) is 6.92 Å². The van der Waals surface area contributed by atoms with Crippen molar-refractivity contribution in [3.8, 4) is 0 Å². The Bertz CT molecular complexity index is 934. The van der Waals surface area contributed by atoms with Gasteiger partial charge in [-0.1, -0.05) is 12.1 Å². The third-order valence-corrected chi connectivity index (χ3v) is 8.68. The number of sulfonamides is 1. The third-order valence-electron chi connectivity index (χ3n) is 6.79. The van der Waals surface area contributed by atoms with E-state index in [0.717, 1.165) is 31.7 Å². The molecule has 0 saturated carbocycles. The first kappa shape index (κ1) is 24.6. The second-order valence-electron chi connectivity index (χ2n) is 9.41. The van der Waals surface area contributed by atoms with Crippen LogP contribution in [-0.2, 0) is 24.3 Å². The van der Waals surface area contributed by atoms with Gasteiger partial charge in [0, 0.05) is 32.7 Å². The van der Waals surface area contributed by atoms with Gasteiger partial charge in [0.05, 0.1) is 48.9 Å². The first-order valence-electron chi connectivity index (χ1n) is 11.7. The zero-order chi connectivity index (χ0) is 23.6. The maximum atomic E-state index is 13.6. The fraction of sp³-hybridized carbons (Fsp3) is 0.696. The molecule has 0 unspecified atom stereocenters. The Morgan fingerprint density at radius 3 is 2.64 bits per heavy atom. The van der Waals surface area contributed by atoms with Crippen LogP contribution in [0.2, 0.25) is 0 Å². The Morgan fingerprint density at radius 2 is 1.91 bits per heavy atom. The molecule has 0 spiro atoms. The lowest BCUT2D eigenvalue weighted by Crippen LogP contribution is -2.57. The van der Waals surface area contributed by atoms with Crippen LogP contribution in [0.15, 0.2) is 29.2 Å². The molecule has 1 aromatic rings. The van der Waals surface area contributed by atoms with Crippen LogP contribution in [0.25, 0.3) is 0 Å². The van der Waals surface area contributed by atoms with E-state index in [1.54, 1.807) is 18.2 Å². The zero-order valence-electron chi connectivity index (χ0n) is 19.4. The molecule has 3 saturated heterocycles. The number of nitrogens with zero attached hydrogens (tertiary/aromatic N) is 3. The maximum absolute atomic E-state index is 13.6. The molecule has 184 valence electrons. The fourth-order valence-electron chi connectivity index (χ4n) is 4.86. The molecule has 33 heavy (non-hydrogen) atoms. The summed E-state index contributed by atoms with van der Waals surface area (Å²) in [6.45, 7) is 5.19. The molecular weight excluding hydrogens is 446 g/mol. The molecular formula is C23H35N3O6S. The van der Waals surface area contributed by atoms with Gasteiger partial charge in [-0.3, -0.25) is 4.79 Å². The lowest BCUT2D eigenvalue weighted by molar-refractivity contribution is -0.152. The first-order valence-corrected chi connectivity index (χ1v) is 13.1. The van der Waals surface area contributed by atoms with Gasteiger partial charge < -0.3 is 24.4 Å². The minimum atomic E-state index is -3.83. The highest BCUT2D eigenvalue weighted by Crippen LogP contribution is 2.32. The van der Waals surface area contributed by atoms with Crippen molar-refractivity contribution in [3.63, 3.8) is 0 Å². The molecule has 0 aromatic heterocycles. The Hall–Kier alpha value is -1.56. The van der Waals surface area contributed by atoms with Crippen LogP contribution in [-0.4, -0.2) is 111 Å². The lowest BCUT2D eigenvalue weighted by Gasteiger charge is -2.44. The van der Waals surface area contributed by atoms with Crippen LogP contribution in [0.3, 0.4) is 0 Å². The van der Waals surface area contributed by atoms with Gasteiger partial charge in [0.15, 0.2) is 0 Å². The Balaban J connectivity index is 1.48. The summed E-state index contributed by atoms with van der Waals surface area (Å²) in [5, 5.41) is 10.3. The van der Waals surface area contributed by atoms with E-state index in [1.807, 2.05) is 24.9 Å². The Kier molecular flexibility index (Phi) is 7.72. The molecule has 0 aliphatic carbocycles. The van der Waals surface area contributed by atoms with E-state index in [9.17, 15) is 18.3 Å². The van der Waals surface area contributed by atoms with Gasteiger partial charge in [0.25, 0.3) is 0 Å². The van der Waals surface area contributed by atoms with Gasteiger partial charge in [0.2, 0.25) is 15.9 Å². The fourth-order valence-corrected chi connectivity index (χ4v) is 6.68. The Labute approximate surface area is 196 Å². The average Bonchev–Trinajstić information content (AvgIpc) is 2.77. The molecule has 0 bridgehead atoms. The third kappa shape index (κ3) is 5.75. The molecule has 3 aliphatic rings. The summed E-state index contributed by atoms with van der Waals surface area (Å²) in [6, 6.07) is 6.35. The summed E-state index contributed by atoms with van der Waals surface area (Å²) in [7, 11) is -1.78. The number of benzene rings is 1. The van der Waals surface area contributed by atoms with Crippen LogP contribution < -0.4 is 0 Å². The number of aliphatic hydroxyl groups is 1. The van der Waals surface area contributed by atoms with E-state index in [2.05, 4.69) is 4.90 Å². The number of rotatable bonds is 4. The first-order chi connectivity index (χ1) is 15.7. The van der Waals surface area contributed by atoms with Gasteiger partial charge in [0.1, 0.15) is 0 Å². The standard InChI is InChI=1S/C23H35N3O6S/c1-17-4-3-5-20(12-17)33(29,30)26-14-18(27)15-31-16-22-21(26)7-6-19(32-22)13-23(28)25-10-8-24(2)9-11-25/h3-5,12,18-19,21-22,27H,6-11,13-16H2,1-2H3/t18-,19-,21+,22-/m0/s1. The number of aryl methyl sites for hydroxylation is 1. The Morgan fingerprint density at radius 1 is 1.15 bits per heavy atom. The minimum Gasteiger partial charge on any atom is -0.389 e. The van der Waals surface area contributed by atoms with Crippen molar-refractivity contribution in [1.29, 1.82) is 0 Å². The summed E-state index contributed by atoms with van der Waals surface area (Å²) in [5.74, 6) is 0.0815. The number of fused-ring (bicyclic) bond motifs is 1. The number of hydrogen-bond acceptors (Lipinski definition) is 7. The summed E-state index contributed by atoms with van der Waals surface area (Å²) >= 11 is 0. The summed E-state index contributed by atoms with van der Waals surface area (Å²) in [6.07, 6.45) is -0.253. The highest BCUT2D eigenvalue weighted by Gasteiger charge is 2.43. The SMILES string of the molecule is Cc1cccc(S(=O)(=O)N2C[C@H](O)COC[C@@H]3O[C@H](CC(=O)N4CCN(C)CC4)CC[C@H]32)c1. The smallest absolute Gasteiger partial charge is 0.243 e. The highest BCUT2D eigenvalue weighted by molar-refractivity contribution is 7.89. The summed E-state index contributed by atoms with van der Waals surface area (Å²) in [5.41, 5.74) is 0.853. The van der Waals surface area contributed by atoms with Crippen LogP contribution in [0.5, 0.6) is 0 Å². The van der Waals surface area contributed by atoms with Crippen LogP contribution >= 0.6 is 0 Å². The van der Waals surface area contributed by atoms with Crippen molar-refractivity contribution in [1.82, 2.24) is 14.1 Å². The number of piperazine rings is 1. The topological polar surface area (TPSA) is 99.6 Å². The van der Waals surface area contributed by atoms with Gasteiger partial charge in [-0.05, 0) is 44.5 Å². The predicted octanol–water partition coefficient (Wildman–Crippen LogP) is 0.457. The van der Waals surface area contributed by atoms with Crippen molar-refractivity contribution in [2.75, 3.05) is 53.0 Å². The molecule has 9 nitrogen and oxygen atoms in total.